The fraction of sp³-hybridized carbons (Fsp3) is 0.929. The Balaban J connectivity index is 1.94. The van der Waals surface area contributed by atoms with Gasteiger partial charge in [0.25, 0.3) is 0 Å². The predicted molar refractivity (Wildman–Crippen MR) is 65.2 cm³/mol. The van der Waals surface area contributed by atoms with Crippen molar-refractivity contribution in [3.63, 3.8) is 0 Å². The summed E-state index contributed by atoms with van der Waals surface area (Å²) in [6.07, 6.45) is 5.95. The summed E-state index contributed by atoms with van der Waals surface area (Å²) >= 11 is 0. The average Bonchev–Trinajstić information content (AvgIpc) is 2.97. The van der Waals surface area contributed by atoms with Crippen LogP contribution in [0.25, 0.3) is 0 Å². The van der Waals surface area contributed by atoms with E-state index in [0.29, 0.717) is 5.92 Å². The van der Waals surface area contributed by atoms with Crippen LogP contribution in [0.4, 0.5) is 0 Å². The molecule has 0 aromatic rings. The number of aliphatic hydroxyl groups is 1. The van der Waals surface area contributed by atoms with E-state index >= 15 is 0 Å². The highest BCUT2D eigenvalue weighted by Crippen LogP contribution is 2.55. The van der Waals surface area contributed by atoms with Gasteiger partial charge < -0.3 is 5.11 Å². The van der Waals surface area contributed by atoms with Crippen LogP contribution in [0.5, 0.6) is 0 Å². The van der Waals surface area contributed by atoms with Crippen molar-refractivity contribution >= 4 is 0 Å². The van der Waals surface area contributed by atoms with Gasteiger partial charge in [0, 0.05) is 12.6 Å². The van der Waals surface area contributed by atoms with E-state index in [9.17, 15) is 10.4 Å². The first-order chi connectivity index (χ1) is 8.11. The minimum Gasteiger partial charge on any atom is -0.387 e. The lowest BCUT2D eigenvalue weighted by molar-refractivity contribution is -0.0727. The van der Waals surface area contributed by atoms with Gasteiger partial charge in [0.2, 0.25) is 0 Å². The maximum Gasteiger partial charge on any atom is 0.0999 e. The summed E-state index contributed by atoms with van der Waals surface area (Å²) in [5, 5.41) is 20.8. The van der Waals surface area contributed by atoms with Crippen molar-refractivity contribution < 1.29 is 5.11 Å². The Kier molecular flexibility index (Phi) is 2.50. The van der Waals surface area contributed by atoms with Crippen molar-refractivity contribution in [1.82, 2.24) is 4.90 Å². The van der Waals surface area contributed by atoms with E-state index in [1.54, 1.807) is 0 Å². The molecule has 3 rings (SSSR count). The Bertz CT molecular complexity index is 364. The minimum absolute atomic E-state index is 0.257. The van der Waals surface area contributed by atoms with Crippen LogP contribution in [-0.2, 0) is 0 Å². The molecular weight excluding hydrogens is 212 g/mol. The van der Waals surface area contributed by atoms with Gasteiger partial charge in [0.15, 0.2) is 0 Å². The maximum atomic E-state index is 11.2. The van der Waals surface area contributed by atoms with Crippen molar-refractivity contribution in [3.8, 4) is 6.07 Å². The molecule has 2 saturated heterocycles. The van der Waals surface area contributed by atoms with Gasteiger partial charge in [-0.15, -0.1) is 0 Å². The third kappa shape index (κ3) is 1.41. The maximum absolute atomic E-state index is 11.2. The van der Waals surface area contributed by atoms with Crippen molar-refractivity contribution in [2.45, 2.75) is 57.1 Å². The van der Waals surface area contributed by atoms with Crippen molar-refractivity contribution in [2.75, 3.05) is 13.1 Å². The summed E-state index contributed by atoms with van der Waals surface area (Å²) < 4.78 is 0. The second kappa shape index (κ2) is 3.70. The summed E-state index contributed by atoms with van der Waals surface area (Å²) in [5.41, 5.74) is -1.20. The van der Waals surface area contributed by atoms with Gasteiger partial charge in [0.05, 0.1) is 17.1 Å². The summed E-state index contributed by atoms with van der Waals surface area (Å²) in [6.45, 7) is 4.31. The molecule has 1 N–H and O–H groups in total. The molecule has 0 spiro atoms. The van der Waals surface area contributed by atoms with Crippen LogP contribution in [0.15, 0.2) is 0 Å². The van der Waals surface area contributed by atoms with Crippen molar-refractivity contribution in [2.24, 2.45) is 11.3 Å². The summed E-state index contributed by atoms with van der Waals surface area (Å²) in [4.78, 5) is 2.40. The topological polar surface area (TPSA) is 47.3 Å². The molecule has 0 aromatic carbocycles. The second-order valence-electron chi connectivity index (χ2n) is 6.41. The molecule has 2 aliphatic heterocycles. The van der Waals surface area contributed by atoms with Crippen LogP contribution in [0, 0.1) is 22.7 Å². The molecule has 0 radical (unpaired) electrons. The molecule has 1 saturated carbocycles. The van der Waals surface area contributed by atoms with Crippen LogP contribution in [0.1, 0.15) is 45.4 Å². The normalized spacial score (nSPS) is 50.4. The van der Waals surface area contributed by atoms with E-state index < -0.39 is 11.0 Å². The van der Waals surface area contributed by atoms with Gasteiger partial charge in [-0.1, -0.05) is 6.92 Å². The highest BCUT2D eigenvalue weighted by Gasteiger charge is 2.62. The van der Waals surface area contributed by atoms with E-state index in [0.717, 1.165) is 45.2 Å². The van der Waals surface area contributed by atoms with Crippen LogP contribution in [0.2, 0.25) is 0 Å². The lowest BCUT2D eigenvalue weighted by Gasteiger charge is -2.41. The Morgan fingerprint density at radius 1 is 1.29 bits per heavy atom. The fourth-order valence-corrected chi connectivity index (χ4v) is 4.56. The highest BCUT2D eigenvalue weighted by molar-refractivity contribution is 5.21. The number of nitrogens with zero attached hydrogens (tertiary/aromatic N) is 2. The van der Waals surface area contributed by atoms with E-state index in [2.05, 4.69) is 17.9 Å². The molecule has 4 atom stereocenters. The van der Waals surface area contributed by atoms with Gasteiger partial charge in [-0.05, 0) is 51.0 Å². The molecule has 3 nitrogen and oxygen atoms in total. The molecule has 3 aliphatic rings. The second-order valence-corrected chi connectivity index (χ2v) is 6.41. The lowest BCUT2D eigenvalue weighted by Crippen LogP contribution is -2.53. The zero-order chi connectivity index (χ0) is 12.1. The smallest absolute Gasteiger partial charge is 0.0999 e. The largest absolute Gasteiger partial charge is 0.387 e. The Morgan fingerprint density at radius 3 is 2.76 bits per heavy atom. The molecule has 3 heteroatoms. The van der Waals surface area contributed by atoms with E-state index in [-0.39, 0.29) is 6.04 Å². The first-order valence-corrected chi connectivity index (χ1v) is 6.99. The minimum atomic E-state index is -0.733. The van der Waals surface area contributed by atoms with Crippen molar-refractivity contribution in [3.05, 3.63) is 0 Å². The number of hydrogen-bond donors (Lipinski definition) is 1. The van der Waals surface area contributed by atoms with Gasteiger partial charge in [-0.3, -0.25) is 4.90 Å². The number of hydrogen-bond acceptors (Lipinski definition) is 3. The summed E-state index contributed by atoms with van der Waals surface area (Å²) in [5.74, 6) is 0.592. The highest BCUT2D eigenvalue weighted by atomic mass is 16.3. The van der Waals surface area contributed by atoms with E-state index in [1.165, 1.54) is 6.42 Å². The van der Waals surface area contributed by atoms with Gasteiger partial charge in [-0.2, -0.15) is 5.26 Å². The third-order valence-electron chi connectivity index (χ3n) is 5.50. The molecule has 94 valence electrons. The summed E-state index contributed by atoms with van der Waals surface area (Å²) in [6, 6.07) is 2.78. The van der Waals surface area contributed by atoms with Crippen LogP contribution in [0.3, 0.4) is 0 Å². The molecule has 1 aliphatic carbocycles. The van der Waals surface area contributed by atoms with Gasteiger partial charge in [0.1, 0.15) is 0 Å². The quantitative estimate of drug-likeness (QED) is 0.754. The van der Waals surface area contributed by atoms with Gasteiger partial charge in [-0.25, -0.2) is 0 Å². The zero-order valence-corrected chi connectivity index (χ0v) is 10.7. The molecule has 3 fully saturated rings. The number of rotatable bonds is 1. The van der Waals surface area contributed by atoms with E-state index in [1.807, 2.05) is 0 Å². The Labute approximate surface area is 103 Å². The monoisotopic (exact) mass is 234 g/mol. The molecule has 4 unspecified atom stereocenters. The number of nitriles is 1. The summed E-state index contributed by atoms with van der Waals surface area (Å²) in [7, 11) is 0. The Hall–Kier alpha value is -0.590. The molecular formula is C14H22N2O. The zero-order valence-electron chi connectivity index (χ0n) is 10.7. The SMILES string of the molecule is CC1CCC(C#N)(C2(O)CCN3CCCC32)C1. The molecule has 0 aromatic heterocycles. The molecule has 17 heavy (non-hydrogen) atoms. The molecule has 2 heterocycles. The molecule has 0 bridgehead atoms. The van der Waals surface area contributed by atoms with Crippen LogP contribution in [-0.4, -0.2) is 34.7 Å². The average molecular weight is 234 g/mol. The third-order valence-corrected chi connectivity index (χ3v) is 5.50. The van der Waals surface area contributed by atoms with Crippen molar-refractivity contribution in [1.29, 1.82) is 5.26 Å². The first-order valence-electron chi connectivity index (χ1n) is 6.99. The lowest BCUT2D eigenvalue weighted by atomic mass is 9.66. The standard InChI is InChI=1S/C14H22N2O/c1-11-4-5-13(9-11,10-15)14(17)6-8-16-7-2-3-12(14)16/h11-12,17H,2-9H2,1H3. The van der Waals surface area contributed by atoms with Crippen LogP contribution < -0.4 is 0 Å². The first kappa shape index (κ1) is 11.5. The van der Waals surface area contributed by atoms with Gasteiger partial charge >= 0.3 is 0 Å². The fourth-order valence-electron chi connectivity index (χ4n) is 4.56. The number of fused-ring (bicyclic) bond motifs is 1. The predicted octanol–water partition coefficient (Wildman–Crippen LogP) is 1.92. The van der Waals surface area contributed by atoms with Crippen LogP contribution >= 0.6 is 0 Å². The Morgan fingerprint density at radius 2 is 2.12 bits per heavy atom. The molecule has 0 amide bonds. The van der Waals surface area contributed by atoms with E-state index in [4.69, 9.17) is 0 Å².